The van der Waals surface area contributed by atoms with Crippen molar-refractivity contribution in [2.24, 2.45) is 0 Å². The van der Waals surface area contributed by atoms with E-state index in [1.54, 1.807) is 12.1 Å². The molecule has 1 aromatic heterocycles. The number of likely N-dealkylation sites (N-methyl/N-ethyl adjacent to an activating group) is 1. The first-order chi connectivity index (χ1) is 12.5. The predicted octanol–water partition coefficient (Wildman–Crippen LogP) is 3.49. The number of para-hydroxylation sites is 1. The van der Waals surface area contributed by atoms with Gasteiger partial charge in [0.25, 0.3) is 0 Å². The van der Waals surface area contributed by atoms with Gasteiger partial charge in [-0.05, 0) is 49.7 Å². The molecule has 0 spiro atoms. The average Bonchev–Trinajstić information content (AvgIpc) is 3.06. The van der Waals surface area contributed by atoms with Gasteiger partial charge in [0.1, 0.15) is 5.82 Å². The monoisotopic (exact) mass is 353 g/mol. The van der Waals surface area contributed by atoms with Gasteiger partial charge in [-0.1, -0.05) is 30.3 Å². The van der Waals surface area contributed by atoms with Crippen LogP contribution in [-0.4, -0.2) is 35.4 Å². The molecule has 1 heterocycles. The molecule has 0 radical (unpaired) electrons. The predicted molar refractivity (Wildman–Crippen MR) is 102 cm³/mol. The molecule has 0 saturated carbocycles. The van der Waals surface area contributed by atoms with E-state index in [1.807, 2.05) is 43.3 Å². The fraction of sp³-hybridized carbons (Fsp3) is 0.286. The van der Waals surface area contributed by atoms with Gasteiger partial charge in [-0.2, -0.15) is 0 Å². The zero-order valence-electron chi connectivity index (χ0n) is 15.1. The van der Waals surface area contributed by atoms with Crippen LogP contribution in [0.4, 0.5) is 4.39 Å². The average molecular weight is 353 g/mol. The normalized spacial score (nSPS) is 12.5. The second-order valence-corrected chi connectivity index (χ2v) is 6.62. The lowest BCUT2D eigenvalue weighted by molar-refractivity contribution is -0.125. The molecule has 2 N–H and O–H groups in total. The molecular formula is C21H24FN3O. The van der Waals surface area contributed by atoms with Crippen LogP contribution in [0.25, 0.3) is 10.9 Å². The van der Waals surface area contributed by atoms with Gasteiger partial charge in [0.05, 0.1) is 6.04 Å². The SMILES string of the molecule is CC(C(=O)NCCc1c[nH]c2ccccc12)N(C)Cc1ccc(F)cc1. The summed E-state index contributed by atoms with van der Waals surface area (Å²) in [5.74, 6) is -0.256. The highest BCUT2D eigenvalue weighted by Gasteiger charge is 2.17. The molecule has 4 nitrogen and oxygen atoms in total. The van der Waals surface area contributed by atoms with Crippen LogP contribution >= 0.6 is 0 Å². The van der Waals surface area contributed by atoms with Gasteiger partial charge in [-0.15, -0.1) is 0 Å². The maximum atomic E-state index is 13.0. The van der Waals surface area contributed by atoms with E-state index >= 15 is 0 Å². The van der Waals surface area contributed by atoms with Crippen molar-refractivity contribution in [3.8, 4) is 0 Å². The fourth-order valence-corrected chi connectivity index (χ4v) is 3.02. The summed E-state index contributed by atoms with van der Waals surface area (Å²) in [6.45, 7) is 3.07. The van der Waals surface area contributed by atoms with Crippen molar-refractivity contribution in [2.75, 3.05) is 13.6 Å². The van der Waals surface area contributed by atoms with E-state index in [2.05, 4.69) is 16.4 Å². The van der Waals surface area contributed by atoms with E-state index in [1.165, 1.54) is 23.1 Å². The largest absolute Gasteiger partial charge is 0.361 e. The second-order valence-electron chi connectivity index (χ2n) is 6.62. The number of fused-ring (bicyclic) bond motifs is 1. The Morgan fingerprint density at radius 1 is 1.19 bits per heavy atom. The fourth-order valence-electron chi connectivity index (χ4n) is 3.02. The molecule has 0 fully saturated rings. The van der Waals surface area contributed by atoms with Gasteiger partial charge in [-0.3, -0.25) is 9.69 Å². The topological polar surface area (TPSA) is 48.1 Å². The molecule has 2 aromatic carbocycles. The van der Waals surface area contributed by atoms with E-state index in [9.17, 15) is 9.18 Å². The number of hydrogen-bond donors (Lipinski definition) is 2. The summed E-state index contributed by atoms with van der Waals surface area (Å²) < 4.78 is 13.0. The lowest BCUT2D eigenvalue weighted by atomic mass is 10.1. The van der Waals surface area contributed by atoms with Crippen LogP contribution < -0.4 is 5.32 Å². The van der Waals surface area contributed by atoms with Gasteiger partial charge in [0, 0.05) is 30.2 Å². The standard InChI is InChI=1S/C21H24FN3O/c1-15(25(2)14-16-7-9-18(22)10-8-16)21(26)23-12-11-17-13-24-20-6-4-3-5-19(17)20/h3-10,13,15,24H,11-12,14H2,1-2H3,(H,23,26). The smallest absolute Gasteiger partial charge is 0.237 e. The van der Waals surface area contributed by atoms with E-state index < -0.39 is 0 Å². The van der Waals surface area contributed by atoms with Crippen molar-refractivity contribution in [3.63, 3.8) is 0 Å². The number of carbonyl (C=O) groups excluding carboxylic acids is 1. The highest BCUT2D eigenvalue weighted by atomic mass is 19.1. The van der Waals surface area contributed by atoms with Crippen LogP contribution in [0, 0.1) is 5.82 Å². The summed E-state index contributed by atoms with van der Waals surface area (Å²) in [5, 5.41) is 4.20. The molecule has 136 valence electrons. The molecule has 0 aliphatic rings. The molecule has 0 saturated heterocycles. The summed E-state index contributed by atoms with van der Waals surface area (Å²) in [6.07, 6.45) is 2.78. The van der Waals surface area contributed by atoms with E-state index in [-0.39, 0.29) is 17.8 Å². The quantitative estimate of drug-likeness (QED) is 0.683. The number of H-pyrrole nitrogens is 1. The van der Waals surface area contributed by atoms with Crippen LogP contribution in [0.5, 0.6) is 0 Å². The molecule has 0 bridgehead atoms. The Morgan fingerprint density at radius 2 is 1.92 bits per heavy atom. The van der Waals surface area contributed by atoms with Crippen molar-refractivity contribution in [1.82, 2.24) is 15.2 Å². The van der Waals surface area contributed by atoms with Crippen molar-refractivity contribution in [3.05, 3.63) is 71.7 Å². The van der Waals surface area contributed by atoms with Crippen LogP contribution in [0.2, 0.25) is 0 Å². The minimum atomic E-state index is -0.261. The number of amides is 1. The zero-order chi connectivity index (χ0) is 18.5. The molecule has 0 aliphatic carbocycles. The van der Waals surface area contributed by atoms with E-state index in [0.29, 0.717) is 13.1 Å². The Hall–Kier alpha value is -2.66. The number of hydrogen-bond acceptors (Lipinski definition) is 2. The number of aromatic nitrogens is 1. The minimum absolute atomic E-state index is 0.00514. The lowest BCUT2D eigenvalue weighted by Crippen LogP contribution is -2.43. The Bertz CT molecular complexity index is 872. The van der Waals surface area contributed by atoms with Gasteiger partial charge in [0.2, 0.25) is 5.91 Å². The van der Waals surface area contributed by atoms with Gasteiger partial charge >= 0.3 is 0 Å². The summed E-state index contributed by atoms with van der Waals surface area (Å²) in [5.41, 5.74) is 3.29. The molecule has 0 aliphatic heterocycles. The first kappa shape index (κ1) is 18.1. The number of aromatic amines is 1. The molecule has 26 heavy (non-hydrogen) atoms. The summed E-state index contributed by atoms with van der Waals surface area (Å²) in [7, 11) is 1.90. The Labute approximate surface area is 153 Å². The number of rotatable bonds is 7. The molecule has 1 atom stereocenters. The molecule has 3 rings (SSSR count). The number of halogens is 1. The highest BCUT2D eigenvalue weighted by molar-refractivity contribution is 5.83. The Morgan fingerprint density at radius 3 is 2.69 bits per heavy atom. The van der Waals surface area contributed by atoms with Gasteiger partial charge in [0.15, 0.2) is 0 Å². The third kappa shape index (κ3) is 4.29. The summed E-state index contributed by atoms with van der Waals surface area (Å²) in [6, 6.07) is 14.3. The zero-order valence-corrected chi connectivity index (χ0v) is 15.1. The number of nitrogens with one attached hydrogen (secondary N) is 2. The number of nitrogens with zero attached hydrogens (tertiary/aromatic N) is 1. The summed E-state index contributed by atoms with van der Waals surface area (Å²) >= 11 is 0. The summed E-state index contributed by atoms with van der Waals surface area (Å²) in [4.78, 5) is 17.6. The Balaban J connectivity index is 1.50. The maximum Gasteiger partial charge on any atom is 0.237 e. The first-order valence-electron chi connectivity index (χ1n) is 8.82. The maximum absolute atomic E-state index is 13.0. The molecule has 1 amide bonds. The lowest BCUT2D eigenvalue weighted by Gasteiger charge is -2.24. The van der Waals surface area contributed by atoms with Crippen LogP contribution in [0.15, 0.2) is 54.7 Å². The van der Waals surface area contributed by atoms with Gasteiger partial charge < -0.3 is 10.3 Å². The van der Waals surface area contributed by atoms with Crippen LogP contribution in [0.1, 0.15) is 18.1 Å². The van der Waals surface area contributed by atoms with Crippen molar-refractivity contribution in [2.45, 2.75) is 25.9 Å². The van der Waals surface area contributed by atoms with E-state index in [0.717, 1.165) is 17.5 Å². The molecule has 1 unspecified atom stereocenters. The van der Waals surface area contributed by atoms with Crippen molar-refractivity contribution < 1.29 is 9.18 Å². The number of benzene rings is 2. The van der Waals surface area contributed by atoms with Crippen LogP contribution in [0.3, 0.4) is 0 Å². The first-order valence-corrected chi connectivity index (χ1v) is 8.82. The molecular weight excluding hydrogens is 329 g/mol. The van der Waals surface area contributed by atoms with Crippen LogP contribution in [-0.2, 0) is 17.8 Å². The minimum Gasteiger partial charge on any atom is -0.361 e. The highest BCUT2D eigenvalue weighted by Crippen LogP contribution is 2.17. The third-order valence-electron chi connectivity index (χ3n) is 4.75. The van der Waals surface area contributed by atoms with E-state index in [4.69, 9.17) is 0 Å². The number of carbonyl (C=O) groups is 1. The van der Waals surface area contributed by atoms with Gasteiger partial charge in [-0.25, -0.2) is 4.39 Å². The van der Waals surface area contributed by atoms with Crippen molar-refractivity contribution in [1.29, 1.82) is 0 Å². The van der Waals surface area contributed by atoms with Crippen molar-refractivity contribution >= 4 is 16.8 Å². The Kier molecular flexibility index (Phi) is 5.68. The second kappa shape index (κ2) is 8.15. The molecule has 5 heteroatoms. The third-order valence-corrected chi connectivity index (χ3v) is 4.75. The molecule has 3 aromatic rings.